The maximum atomic E-state index is 13.1. The second-order valence-corrected chi connectivity index (χ2v) is 9.95. The first-order valence-corrected chi connectivity index (χ1v) is 12.8. The van der Waals surface area contributed by atoms with Crippen LogP contribution in [-0.2, 0) is 19.6 Å². The van der Waals surface area contributed by atoms with Gasteiger partial charge in [0.1, 0.15) is 5.75 Å². The molecule has 1 unspecified atom stereocenters. The molecule has 1 fully saturated rings. The molecule has 10 heteroatoms. The lowest BCUT2D eigenvalue weighted by molar-refractivity contribution is -0.122. The number of sulfonamides is 1. The number of carbonyl (C=O) groups excluding carboxylic acids is 1. The van der Waals surface area contributed by atoms with E-state index in [4.69, 9.17) is 21.1 Å². The predicted molar refractivity (Wildman–Crippen MR) is 130 cm³/mol. The number of amides is 1. The van der Waals surface area contributed by atoms with Crippen LogP contribution in [0, 0.1) is 0 Å². The number of nitrogens with zero attached hydrogens (tertiary/aromatic N) is 2. The Morgan fingerprint density at radius 3 is 2.52 bits per heavy atom. The van der Waals surface area contributed by atoms with Gasteiger partial charge in [0.25, 0.3) is 5.91 Å². The average Bonchev–Trinajstić information content (AvgIpc) is 2.80. The number of halogens is 1. The third kappa shape index (κ3) is 6.17. The summed E-state index contributed by atoms with van der Waals surface area (Å²) in [6.07, 6.45) is -0.830. The summed E-state index contributed by atoms with van der Waals surface area (Å²) in [5.74, 6) is 0.0679. The molecule has 1 aliphatic heterocycles. The maximum Gasteiger partial charge on any atom is 0.265 e. The number of anilines is 2. The summed E-state index contributed by atoms with van der Waals surface area (Å²) in [7, 11) is -3.69. The van der Waals surface area contributed by atoms with Crippen LogP contribution in [-0.4, -0.2) is 64.1 Å². The summed E-state index contributed by atoms with van der Waals surface area (Å²) < 4.78 is 38.7. The van der Waals surface area contributed by atoms with Crippen molar-refractivity contribution in [1.29, 1.82) is 0 Å². The van der Waals surface area contributed by atoms with Gasteiger partial charge >= 0.3 is 0 Å². The van der Waals surface area contributed by atoms with Gasteiger partial charge in [0, 0.05) is 31.2 Å². The quantitative estimate of drug-likeness (QED) is 0.571. The van der Waals surface area contributed by atoms with Gasteiger partial charge in [0.05, 0.1) is 29.5 Å². The Balaban J connectivity index is 1.90. The molecule has 1 atom stereocenters. The lowest BCUT2D eigenvalue weighted by Crippen LogP contribution is -2.37. The summed E-state index contributed by atoms with van der Waals surface area (Å²) in [6, 6.07) is 11.6. The van der Waals surface area contributed by atoms with Crippen LogP contribution in [0.25, 0.3) is 0 Å². The van der Waals surface area contributed by atoms with Gasteiger partial charge in [0.15, 0.2) is 6.10 Å². The van der Waals surface area contributed by atoms with E-state index in [9.17, 15) is 13.2 Å². The third-order valence-corrected chi connectivity index (χ3v) is 7.68. The third-order valence-electron chi connectivity index (χ3n) is 5.40. The van der Waals surface area contributed by atoms with Gasteiger partial charge in [-0.1, -0.05) is 31.5 Å². The van der Waals surface area contributed by atoms with Gasteiger partial charge in [-0.15, -0.1) is 0 Å². The van der Waals surface area contributed by atoms with E-state index in [-0.39, 0.29) is 4.90 Å². The normalized spacial score (nSPS) is 15.4. The van der Waals surface area contributed by atoms with Gasteiger partial charge in [-0.3, -0.25) is 4.79 Å². The molecule has 0 spiro atoms. The number of ether oxygens (including phenoxy) is 2. The molecule has 3 rings (SSSR count). The first kappa shape index (κ1) is 25.3. The first-order valence-electron chi connectivity index (χ1n) is 11.0. The standard InChI is InChI=1S/C23H30ClN3O5S/c1-4-27(5-2)33(29,30)20-9-10-22(26-11-13-31-14-12-26)21(16-20)25-23(28)17(3)32-19-8-6-7-18(24)15-19/h6-10,15-17H,4-5,11-14H2,1-3H3,(H,25,28). The van der Waals surface area contributed by atoms with Crippen molar-refractivity contribution in [2.75, 3.05) is 49.6 Å². The molecule has 180 valence electrons. The Hall–Kier alpha value is -2.33. The summed E-state index contributed by atoms with van der Waals surface area (Å²) in [5, 5.41) is 3.37. The second kappa shape index (κ2) is 11.2. The minimum absolute atomic E-state index is 0.127. The Kier molecular flexibility index (Phi) is 8.58. The van der Waals surface area contributed by atoms with Crippen molar-refractivity contribution < 1.29 is 22.7 Å². The summed E-state index contributed by atoms with van der Waals surface area (Å²) in [4.78, 5) is 15.2. The van der Waals surface area contributed by atoms with Crippen molar-refractivity contribution in [3.05, 3.63) is 47.5 Å². The predicted octanol–water partition coefficient (Wildman–Crippen LogP) is 3.61. The van der Waals surface area contributed by atoms with E-state index in [0.717, 1.165) is 5.69 Å². The van der Waals surface area contributed by atoms with Crippen molar-refractivity contribution in [2.45, 2.75) is 31.8 Å². The van der Waals surface area contributed by atoms with E-state index in [0.29, 0.717) is 55.9 Å². The van der Waals surface area contributed by atoms with E-state index in [1.54, 1.807) is 57.2 Å². The summed E-state index contributed by atoms with van der Waals surface area (Å²) in [6.45, 7) is 8.32. The summed E-state index contributed by atoms with van der Waals surface area (Å²) in [5.41, 5.74) is 1.15. The molecule has 0 aromatic heterocycles. The number of rotatable bonds is 9. The fourth-order valence-electron chi connectivity index (χ4n) is 3.60. The molecule has 33 heavy (non-hydrogen) atoms. The van der Waals surface area contributed by atoms with Crippen LogP contribution < -0.4 is 15.0 Å². The maximum absolute atomic E-state index is 13.1. The highest BCUT2D eigenvalue weighted by molar-refractivity contribution is 7.89. The van der Waals surface area contributed by atoms with Gasteiger partial charge in [-0.05, 0) is 43.3 Å². The monoisotopic (exact) mass is 495 g/mol. The number of benzene rings is 2. The topological polar surface area (TPSA) is 88.2 Å². The van der Waals surface area contributed by atoms with Gasteiger partial charge in [0.2, 0.25) is 10.0 Å². The zero-order valence-corrected chi connectivity index (χ0v) is 20.7. The Morgan fingerprint density at radius 1 is 1.18 bits per heavy atom. The molecule has 8 nitrogen and oxygen atoms in total. The second-order valence-electron chi connectivity index (χ2n) is 7.57. The molecule has 1 aliphatic rings. The van der Waals surface area contributed by atoms with Gasteiger partial charge < -0.3 is 19.7 Å². The molecule has 0 radical (unpaired) electrons. The van der Waals surface area contributed by atoms with E-state index in [1.165, 1.54) is 10.4 Å². The first-order chi connectivity index (χ1) is 15.8. The largest absolute Gasteiger partial charge is 0.481 e. The molecule has 1 N–H and O–H groups in total. The van der Waals surface area contributed by atoms with Crippen molar-refractivity contribution in [1.82, 2.24) is 4.31 Å². The van der Waals surface area contributed by atoms with Crippen molar-refractivity contribution in [3.63, 3.8) is 0 Å². The number of hydrogen-bond donors (Lipinski definition) is 1. The Morgan fingerprint density at radius 2 is 1.88 bits per heavy atom. The molecule has 0 aliphatic carbocycles. The van der Waals surface area contributed by atoms with E-state index in [2.05, 4.69) is 10.2 Å². The van der Waals surface area contributed by atoms with Crippen LogP contribution in [0.5, 0.6) is 5.75 Å². The molecule has 2 aromatic carbocycles. The number of nitrogens with one attached hydrogen (secondary N) is 1. The number of carbonyl (C=O) groups is 1. The fraction of sp³-hybridized carbons (Fsp3) is 0.435. The molecule has 1 heterocycles. The Labute approximate surface area is 200 Å². The molecule has 0 bridgehead atoms. The molecule has 1 saturated heterocycles. The van der Waals surface area contributed by atoms with Crippen LogP contribution >= 0.6 is 11.6 Å². The van der Waals surface area contributed by atoms with Crippen molar-refractivity contribution >= 4 is 38.9 Å². The van der Waals surface area contributed by atoms with E-state index < -0.39 is 22.0 Å². The SMILES string of the molecule is CCN(CC)S(=O)(=O)c1ccc(N2CCOCC2)c(NC(=O)C(C)Oc2cccc(Cl)c2)c1. The fourth-order valence-corrected chi connectivity index (χ4v) is 5.27. The van der Waals surface area contributed by atoms with E-state index >= 15 is 0 Å². The number of morpholine rings is 1. The highest BCUT2D eigenvalue weighted by Crippen LogP contribution is 2.31. The minimum Gasteiger partial charge on any atom is -0.481 e. The van der Waals surface area contributed by atoms with Crippen molar-refractivity contribution in [3.8, 4) is 5.75 Å². The highest BCUT2D eigenvalue weighted by atomic mass is 35.5. The molecule has 0 saturated carbocycles. The number of hydrogen-bond acceptors (Lipinski definition) is 6. The van der Waals surface area contributed by atoms with E-state index in [1.807, 2.05) is 0 Å². The lowest BCUT2D eigenvalue weighted by atomic mass is 10.2. The summed E-state index contributed by atoms with van der Waals surface area (Å²) >= 11 is 6.00. The zero-order valence-electron chi connectivity index (χ0n) is 19.1. The average molecular weight is 496 g/mol. The van der Waals surface area contributed by atoms with Crippen LogP contribution in [0.1, 0.15) is 20.8 Å². The minimum atomic E-state index is -3.69. The highest BCUT2D eigenvalue weighted by Gasteiger charge is 2.26. The lowest BCUT2D eigenvalue weighted by Gasteiger charge is -2.31. The van der Waals surface area contributed by atoms with Crippen LogP contribution in [0.15, 0.2) is 47.4 Å². The van der Waals surface area contributed by atoms with Crippen molar-refractivity contribution in [2.24, 2.45) is 0 Å². The Bertz CT molecular complexity index is 1070. The molecule has 2 aromatic rings. The van der Waals surface area contributed by atoms with Crippen LogP contribution in [0.2, 0.25) is 5.02 Å². The van der Waals surface area contributed by atoms with Gasteiger partial charge in [-0.25, -0.2) is 8.42 Å². The molecular weight excluding hydrogens is 466 g/mol. The molecular formula is C23H30ClN3O5S. The van der Waals surface area contributed by atoms with Gasteiger partial charge in [-0.2, -0.15) is 4.31 Å². The van der Waals surface area contributed by atoms with Crippen LogP contribution in [0.4, 0.5) is 11.4 Å². The zero-order chi connectivity index (χ0) is 24.0. The molecule has 1 amide bonds. The van der Waals surface area contributed by atoms with Crippen LogP contribution in [0.3, 0.4) is 0 Å². The smallest absolute Gasteiger partial charge is 0.265 e.